The third kappa shape index (κ3) is 2.84. The van der Waals surface area contributed by atoms with E-state index in [4.69, 9.17) is 5.73 Å². The predicted octanol–water partition coefficient (Wildman–Crippen LogP) is 1.81. The van der Waals surface area contributed by atoms with Gasteiger partial charge in [-0.2, -0.15) is 10.1 Å². The number of amides is 1. The summed E-state index contributed by atoms with van der Waals surface area (Å²) in [7, 11) is 0. The van der Waals surface area contributed by atoms with Gasteiger partial charge in [-0.3, -0.25) is 4.79 Å². The molecule has 0 bridgehead atoms. The lowest BCUT2D eigenvalue weighted by Gasteiger charge is -2.17. The summed E-state index contributed by atoms with van der Waals surface area (Å²) >= 11 is 0. The molecule has 7 nitrogen and oxygen atoms in total. The Morgan fingerprint density at radius 1 is 1.23 bits per heavy atom. The van der Waals surface area contributed by atoms with Crippen LogP contribution in [0.2, 0.25) is 0 Å². The van der Waals surface area contributed by atoms with Crippen LogP contribution >= 0.6 is 0 Å². The molecule has 3 aromatic rings. The molecule has 4 rings (SSSR count). The minimum absolute atomic E-state index is 0.0808. The Hall–Kier alpha value is -2.80. The number of nitrogens with two attached hydrogens (primary N) is 1. The Balaban J connectivity index is 1.63. The van der Waals surface area contributed by atoms with E-state index in [2.05, 4.69) is 41.0 Å². The lowest BCUT2D eigenvalue weighted by atomic mass is 9.95. The van der Waals surface area contributed by atoms with Crippen molar-refractivity contribution in [1.29, 1.82) is 0 Å². The first-order valence-corrected chi connectivity index (χ1v) is 8.85. The predicted molar refractivity (Wildman–Crippen MR) is 97.9 cm³/mol. The third-order valence-corrected chi connectivity index (χ3v) is 4.97. The monoisotopic (exact) mass is 350 g/mol. The van der Waals surface area contributed by atoms with Crippen LogP contribution in [0.4, 0.5) is 0 Å². The lowest BCUT2D eigenvalue weighted by Crippen LogP contribution is -2.33. The minimum atomic E-state index is -0.105. The molecule has 1 fully saturated rings. The summed E-state index contributed by atoms with van der Waals surface area (Å²) in [6, 6.07) is 11.9. The van der Waals surface area contributed by atoms with Gasteiger partial charge in [0, 0.05) is 25.0 Å². The SMILES string of the molecule is CC(C)c1cc(C(=O)N2C[C@H](c3ccccc3)[C@@H](N)C2)nc2ncnn12. The van der Waals surface area contributed by atoms with Crippen LogP contribution in [0.1, 0.15) is 47.4 Å². The van der Waals surface area contributed by atoms with Gasteiger partial charge in [-0.15, -0.1) is 0 Å². The maximum Gasteiger partial charge on any atom is 0.272 e. The van der Waals surface area contributed by atoms with Crippen LogP contribution in [0.5, 0.6) is 0 Å². The first kappa shape index (κ1) is 16.7. The van der Waals surface area contributed by atoms with Gasteiger partial charge in [-0.25, -0.2) is 9.50 Å². The average Bonchev–Trinajstić information content (AvgIpc) is 3.27. The minimum Gasteiger partial charge on any atom is -0.335 e. The van der Waals surface area contributed by atoms with Crippen LogP contribution in [-0.4, -0.2) is 49.5 Å². The Kier molecular flexibility index (Phi) is 4.16. The number of carbonyl (C=O) groups excluding carboxylic acids is 1. The number of carbonyl (C=O) groups is 1. The molecule has 134 valence electrons. The fourth-order valence-electron chi connectivity index (χ4n) is 3.57. The van der Waals surface area contributed by atoms with Crippen LogP contribution in [0, 0.1) is 0 Å². The van der Waals surface area contributed by atoms with Crippen LogP contribution in [0.15, 0.2) is 42.7 Å². The van der Waals surface area contributed by atoms with Gasteiger partial charge >= 0.3 is 0 Å². The number of rotatable bonds is 3. The number of nitrogens with zero attached hydrogens (tertiary/aromatic N) is 5. The summed E-state index contributed by atoms with van der Waals surface area (Å²) in [6.07, 6.45) is 1.46. The molecule has 1 amide bonds. The van der Waals surface area contributed by atoms with Gasteiger partial charge in [0.25, 0.3) is 11.7 Å². The van der Waals surface area contributed by atoms with Crippen LogP contribution < -0.4 is 5.73 Å². The van der Waals surface area contributed by atoms with Crippen molar-refractivity contribution in [3.63, 3.8) is 0 Å². The van der Waals surface area contributed by atoms with Crippen molar-refractivity contribution in [2.24, 2.45) is 5.73 Å². The van der Waals surface area contributed by atoms with Gasteiger partial charge in [0.05, 0.1) is 5.69 Å². The van der Waals surface area contributed by atoms with Gasteiger partial charge in [0.15, 0.2) is 0 Å². The molecule has 0 radical (unpaired) electrons. The fourth-order valence-corrected chi connectivity index (χ4v) is 3.57. The van der Waals surface area contributed by atoms with Crippen molar-refractivity contribution in [1.82, 2.24) is 24.5 Å². The lowest BCUT2D eigenvalue weighted by molar-refractivity contribution is 0.0783. The molecule has 1 aromatic carbocycles. The second-order valence-corrected chi connectivity index (χ2v) is 7.08. The Morgan fingerprint density at radius 3 is 2.73 bits per heavy atom. The molecular weight excluding hydrogens is 328 g/mol. The quantitative estimate of drug-likeness (QED) is 0.778. The fraction of sp³-hybridized carbons (Fsp3) is 0.368. The van der Waals surface area contributed by atoms with E-state index in [-0.39, 0.29) is 23.8 Å². The molecule has 0 saturated carbocycles. The Morgan fingerprint density at radius 2 is 2.00 bits per heavy atom. The van der Waals surface area contributed by atoms with E-state index < -0.39 is 0 Å². The first-order chi connectivity index (χ1) is 12.5. The van der Waals surface area contributed by atoms with E-state index in [9.17, 15) is 4.79 Å². The van der Waals surface area contributed by atoms with Gasteiger partial charge in [0.1, 0.15) is 12.0 Å². The molecular formula is C19H22N6O. The van der Waals surface area contributed by atoms with Crippen molar-refractivity contribution < 1.29 is 4.79 Å². The van der Waals surface area contributed by atoms with E-state index in [1.54, 1.807) is 9.42 Å². The average molecular weight is 350 g/mol. The molecule has 3 heterocycles. The highest BCUT2D eigenvalue weighted by atomic mass is 16.2. The Labute approximate surface area is 151 Å². The van der Waals surface area contributed by atoms with Crippen molar-refractivity contribution >= 4 is 11.7 Å². The molecule has 0 spiro atoms. The van der Waals surface area contributed by atoms with Gasteiger partial charge < -0.3 is 10.6 Å². The maximum atomic E-state index is 13.1. The first-order valence-electron chi connectivity index (χ1n) is 8.85. The molecule has 0 aliphatic carbocycles. The molecule has 26 heavy (non-hydrogen) atoms. The normalized spacial score (nSPS) is 20.2. The van der Waals surface area contributed by atoms with Crippen molar-refractivity contribution in [3.05, 3.63) is 59.7 Å². The highest BCUT2D eigenvalue weighted by Crippen LogP contribution is 2.27. The zero-order chi connectivity index (χ0) is 18.3. The van der Waals surface area contributed by atoms with E-state index in [0.717, 1.165) is 5.69 Å². The standard InChI is InChI=1S/C19H22N6O/c1-12(2)17-8-16(23-19-21-11-22-25(17)19)18(26)24-9-14(15(20)10-24)13-6-4-3-5-7-13/h3-8,11-12,14-15H,9-10,20H2,1-2H3/t14-,15+/m1/s1. The second kappa shape index (κ2) is 6.49. The summed E-state index contributed by atoms with van der Waals surface area (Å²) in [6.45, 7) is 5.24. The van der Waals surface area contributed by atoms with Crippen molar-refractivity contribution in [3.8, 4) is 0 Å². The number of hydrogen-bond donors (Lipinski definition) is 1. The number of fused-ring (bicyclic) bond motifs is 1. The van der Waals surface area contributed by atoms with Gasteiger partial charge in [-0.1, -0.05) is 44.2 Å². The highest BCUT2D eigenvalue weighted by Gasteiger charge is 2.35. The Bertz CT molecular complexity index is 936. The van der Waals surface area contributed by atoms with Crippen LogP contribution in [-0.2, 0) is 0 Å². The molecule has 1 aliphatic rings. The molecule has 2 aromatic heterocycles. The van der Waals surface area contributed by atoms with E-state index in [0.29, 0.717) is 24.6 Å². The topological polar surface area (TPSA) is 89.4 Å². The smallest absolute Gasteiger partial charge is 0.272 e. The van der Waals surface area contributed by atoms with E-state index in [1.165, 1.54) is 11.9 Å². The van der Waals surface area contributed by atoms with Crippen LogP contribution in [0.25, 0.3) is 5.78 Å². The van der Waals surface area contributed by atoms with Gasteiger partial charge in [-0.05, 0) is 17.5 Å². The van der Waals surface area contributed by atoms with Crippen molar-refractivity contribution in [2.45, 2.75) is 31.7 Å². The number of hydrogen-bond acceptors (Lipinski definition) is 5. The summed E-state index contributed by atoms with van der Waals surface area (Å²) in [5.41, 5.74) is 8.81. The number of likely N-dealkylation sites (tertiary alicyclic amines) is 1. The summed E-state index contributed by atoms with van der Waals surface area (Å²) in [4.78, 5) is 23.4. The van der Waals surface area contributed by atoms with Gasteiger partial charge in [0.2, 0.25) is 0 Å². The highest BCUT2D eigenvalue weighted by molar-refractivity contribution is 5.93. The largest absolute Gasteiger partial charge is 0.335 e. The molecule has 0 unspecified atom stereocenters. The number of aromatic nitrogens is 4. The van der Waals surface area contributed by atoms with E-state index >= 15 is 0 Å². The third-order valence-electron chi connectivity index (χ3n) is 4.97. The second-order valence-electron chi connectivity index (χ2n) is 7.08. The summed E-state index contributed by atoms with van der Waals surface area (Å²) in [5, 5.41) is 4.20. The molecule has 2 atom stereocenters. The molecule has 2 N–H and O–H groups in total. The number of benzene rings is 1. The van der Waals surface area contributed by atoms with E-state index in [1.807, 2.05) is 24.3 Å². The van der Waals surface area contributed by atoms with Crippen LogP contribution in [0.3, 0.4) is 0 Å². The summed E-state index contributed by atoms with van der Waals surface area (Å²) in [5.74, 6) is 0.683. The molecule has 7 heteroatoms. The molecule has 1 saturated heterocycles. The molecule has 1 aliphatic heterocycles. The van der Waals surface area contributed by atoms with Crippen molar-refractivity contribution in [2.75, 3.05) is 13.1 Å². The maximum absolute atomic E-state index is 13.1. The zero-order valence-electron chi connectivity index (χ0n) is 14.9. The summed E-state index contributed by atoms with van der Waals surface area (Å²) < 4.78 is 1.68. The zero-order valence-corrected chi connectivity index (χ0v) is 14.9.